The molecule has 1 aliphatic rings. The molecule has 0 bridgehead atoms. The first-order chi connectivity index (χ1) is 4.86. The molecule has 0 amide bonds. The van der Waals surface area contributed by atoms with Crippen LogP contribution in [0.1, 0.15) is 25.7 Å². The first-order valence-electron chi connectivity index (χ1n) is 3.77. The quantitative estimate of drug-likeness (QED) is 0.579. The summed E-state index contributed by atoms with van der Waals surface area (Å²) in [4.78, 5) is 10.2. The van der Waals surface area contributed by atoms with E-state index in [2.05, 4.69) is 0 Å². The van der Waals surface area contributed by atoms with Crippen molar-refractivity contribution in [1.82, 2.24) is 0 Å². The Morgan fingerprint density at radius 1 is 1.50 bits per heavy atom. The van der Waals surface area contributed by atoms with Crippen LogP contribution in [0.25, 0.3) is 0 Å². The van der Waals surface area contributed by atoms with Gasteiger partial charge in [-0.05, 0) is 19.3 Å². The molecule has 0 heterocycles. The number of ether oxygens (including phenoxy) is 1. The van der Waals surface area contributed by atoms with Gasteiger partial charge < -0.3 is 4.74 Å². The Labute approximate surface area is 61.6 Å². The number of hydrogen-bond acceptors (Lipinski definition) is 2. The van der Waals surface area contributed by atoms with Crippen molar-refractivity contribution in [1.29, 1.82) is 0 Å². The van der Waals surface area contributed by atoms with Crippen LogP contribution in [0.2, 0.25) is 0 Å². The van der Waals surface area contributed by atoms with Gasteiger partial charge in [-0.3, -0.25) is 4.79 Å². The van der Waals surface area contributed by atoms with Crippen molar-refractivity contribution in [2.75, 3.05) is 7.11 Å². The Kier molecular flexibility index (Phi) is 2.87. The third-order valence-electron chi connectivity index (χ3n) is 2.13. The summed E-state index contributed by atoms with van der Waals surface area (Å²) in [6.07, 6.45) is 6.44. The number of rotatable bonds is 2. The monoisotopic (exact) mass is 141 g/mol. The summed E-state index contributed by atoms with van der Waals surface area (Å²) in [5.74, 6) is 0.138. The zero-order valence-electron chi connectivity index (χ0n) is 6.30. The second-order valence-corrected chi connectivity index (χ2v) is 2.84. The highest BCUT2D eigenvalue weighted by molar-refractivity contribution is 5.54. The fourth-order valence-electron chi connectivity index (χ4n) is 1.47. The van der Waals surface area contributed by atoms with Gasteiger partial charge in [0.1, 0.15) is 0 Å². The van der Waals surface area contributed by atoms with Crippen molar-refractivity contribution >= 4 is 6.29 Å². The third-order valence-corrected chi connectivity index (χ3v) is 2.13. The summed E-state index contributed by atoms with van der Waals surface area (Å²) >= 11 is 0. The van der Waals surface area contributed by atoms with E-state index in [1.165, 1.54) is 0 Å². The lowest BCUT2D eigenvalue weighted by Gasteiger charge is -2.23. The van der Waals surface area contributed by atoms with Gasteiger partial charge in [0.15, 0.2) is 0 Å². The standard InChI is InChI=1S/C8H13O2/c1-10-8-4-2-3-7(5-8)6-9/h7-8H,2-5H2,1H3. The minimum atomic E-state index is 0.138. The van der Waals surface area contributed by atoms with Crippen LogP contribution in [-0.4, -0.2) is 19.5 Å². The topological polar surface area (TPSA) is 26.3 Å². The first kappa shape index (κ1) is 7.73. The van der Waals surface area contributed by atoms with Gasteiger partial charge in [0.25, 0.3) is 0 Å². The molecule has 0 aliphatic heterocycles. The van der Waals surface area contributed by atoms with Crippen LogP contribution < -0.4 is 0 Å². The molecule has 2 heteroatoms. The van der Waals surface area contributed by atoms with E-state index in [1.807, 2.05) is 6.29 Å². The van der Waals surface area contributed by atoms with E-state index in [-0.39, 0.29) is 5.92 Å². The first-order valence-corrected chi connectivity index (χ1v) is 3.77. The molecule has 10 heavy (non-hydrogen) atoms. The molecule has 0 aromatic rings. The Morgan fingerprint density at radius 3 is 2.90 bits per heavy atom. The SMILES string of the molecule is COC1CCCC([C]=O)C1. The average molecular weight is 141 g/mol. The third kappa shape index (κ3) is 1.81. The number of hydrogen-bond donors (Lipinski definition) is 0. The molecule has 0 N–H and O–H groups in total. The van der Waals surface area contributed by atoms with Gasteiger partial charge in [0.05, 0.1) is 6.10 Å². The maximum absolute atomic E-state index is 10.2. The molecule has 1 rings (SSSR count). The summed E-state index contributed by atoms with van der Waals surface area (Å²) in [6.45, 7) is 0. The second kappa shape index (κ2) is 3.71. The molecule has 57 valence electrons. The number of methoxy groups -OCH3 is 1. The lowest BCUT2D eigenvalue weighted by Crippen LogP contribution is -2.22. The van der Waals surface area contributed by atoms with E-state index in [4.69, 9.17) is 4.74 Å². The summed E-state index contributed by atoms with van der Waals surface area (Å²) in [7, 11) is 1.71. The molecule has 0 aromatic carbocycles. The van der Waals surface area contributed by atoms with Gasteiger partial charge in [-0.2, -0.15) is 0 Å². The zero-order chi connectivity index (χ0) is 7.40. The highest BCUT2D eigenvalue weighted by Gasteiger charge is 2.21. The Morgan fingerprint density at radius 2 is 2.30 bits per heavy atom. The highest BCUT2D eigenvalue weighted by atomic mass is 16.5. The van der Waals surface area contributed by atoms with E-state index in [0.29, 0.717) is 6.10 Å². The van der Waals surface area contributed by atoms with Crippen LogP contribution in [0.5, 0.6) is 0 Å². The summed E-state index contributed by atoms with van der Waals surface area (Å²) in [5, 5.41) is 0. The maximum Gasteiger partial charge on any atom is 0.201 e. The molecule has 1 aliphatic carbocycles. The fourth-order valence-corrected chi connectivity index (χ4v) is 1.47. The highest BCUT2D eigenvalue weighted by Crippen LogP contribution is 2.23. The minimum absolute atomic E-state index is 0.138. The van der Waals surface area contributed by atoms with Crippen LogP contribution in [0.15, 0.2) is 0 Å². The summed E-state index contributed by atoms with van der Waals surface area (Å²) in [6, 6.07) is 0. The fraction of sp³-hybridized carbons (Fsp3) is 0.875. The predicted octanol–water partition coefficient (Wildman–Crippen LogP) is 1.30. The molecule has 1 radical (unpaired) electrons. The van der Waals surface area contributed by atoms with E-state index in [9.17, 15) is 4.79 Å². The van der Waals surface area contributed by atoms with Crippen molar-refractivity contribution < 1.29 is 9.53 Å². The normalized spacial score (nSPS) is 33.7. The molecule has 2 nitrogen and oxygen atoms in total. The molecular formula is C8H13O2. The molecule has 0 spiro atoms. The maximum atomic E-state index is 10.2. The lowest BCUT2D eigenvalue weighted by molar-refractivity contribution is 0.0614. The van der Waals surface area contributed by atoms with Crippen LogP contribution >= 0.6 is 0 Å². The Hall–Kier alpha value is -0.370. The lowest BCUT2D eigenvalue weighted by atomic mass is 9.88. The largest absolute Gasteiger partial charge is 0.381 e. The van der Waals surface area contributed by atoms with Crippen molar-refractivity contribution in [2.45, 2.75) is 31.8 Å². The van der Waals surface area contributed by atoms with Gasteiger partial charge in [-0.25, -0.2) is 0 Å². The van der Waals surface area contributed by atoms with Gasteiger partial charge in [-0.1, -0.05) is 6.42 Å². The van der Waals surface area contributed by atoms with Crippen molar-refractivity contribution in [3.8, 4) is 0 Å². The molecular weight excluding hydrogens is 128 g/mol. The van der Waals surface area contributed by atoms with Crippen LogP contribution in [-0.2, 0) is 9.53 Å². The molecule has 2 unspecified atom stereocenters. The van der Waals surface area contributed by atoms with Crippen molar-refractivity contribution in [3.63, 3.8) is 0 Å². The van der Waals surface area contributed by atoms with Crippen LogP contribution in [0.3, 0.4) is 0 Å². The van der Waals surface area contributed by atoms with E-state index in [1.54, 1.807) is 7.11 Å². The summed E-state index contributed by atoms with van der Waals surface area (Å²) in [5.41, 5.74) is 0. The predicted molar refractivity (Wildman–Crippen MR) is 38.4 cm³/mol. The molecule has 1 saturated carbocycles. The van der Waals surface area contributed by atoms with Gasteiger partial charge in [0, 0.05) is 13.0 Å². The van der Waals surface area contributed by atoms with Crippen LogP contribution in [0, 0.1) is 5.92 Å². The Balaban J connectivity index is 2.31. The van der Waals surface area contributed by atoms with E-state index >= 15 is 0 Å². The van der Waals surface area contributed by atoms with E-state index in [0.717, 1.165) is 25.7 Å². The second-order valence-electron chi connectivity index (χ2n) is 2.84. The van der Waals surface area contributed by atoms with Gasteiger partial charge in [0.2, 0.25) is 6.29 Å². The molecule has 2 atom stereocenters. The average Bonchev–Trinajstić information content (AvgIpc) is 2.05. The molecule has 1 fully saturated rings. The van der Waals surface area contributed by atoms with Crippen LogP contribution in [0.4, 0.5) is 0 Å². The van der Waals surface area contributed by atoms with Gasteiger partial charge >= 0.3 is 0 Å². The van der Waals surface area contributed by atoms with Crippen molar-refractivity contribution in [2.24, 2.45) is 5.92 Å². The zero-order valence-corrected chi connectivity index (χ0v) is 6.30. The van der Waals surface area contributed by atoms with E-state index < -0.39 is 0 Å². The molecule has 0 saturated heterocycles. The van der Waals surface area contributed by atoms with Gasteiger partial charge in [-0.15, -0.1) is 0 Å². The number of carbonyl (C=O) groups excluding carboxylic acids is 1. The minimum Gasteiger partial charge on any atom is -0.381 e. The smallest absolute Gasteiger partial charge is 0.201 e. The summed E-state index contributed by atoms with van der Waals surface area (Å²) < 4.78 is 5.14. The Bertz CT molecular complexity index is 112. The van der Waals surface area contributed by atoms with Crippen molar-refractivity contribution in [3.05, 3.63) is 0 Å². The molecule has 0 aromatic heterocycles.